The molecule has 0 aliphatic carbocycles. The van der Waals surface area contributed by atoms with E-state index < -0.39 is 23.3 Å². The Hall–Kier alpha value is -2.73. The van der Waals surface area contributed by atoms with Crippen molar-refractivity contribution in [3.8, 4) is 5.69 Å². The van der Waals surface area contributed by atoms with Gasteiger partial charge in [-0.2, -0.15) is 0 Å². The van der Waals surface area contributed by atoms with Crippen LogP contribution in [0.1, 0.15) is 43.9 Å². The van der Waals surface area contributed by atoms with E-state index in [1.165, 1.54) is 22.3 Å². The Bertz CT molecular complexity index is 1060. The van der Waals surface area contributed by atoms with Crippen LogP contribution in [0.15, 0.2) is 59.7 Å². The highest BCUT2D eigenvalue weighted by molar-refractivity contribution is 5.36. The Morgan fingerprint density at radius 1 is 1.04 bits per heavy atom. The van der Waals surface area contributed by atoms with Crippen LogP contribution >= 0.6 is 0 Å². The standard InChI is InChI=1S/C22H22F2N2O2/c1-14(2)16-4-7-18(8-5-16)26-11-10-25(21(26)27)15(3)22(13-28-22)19-9-6-17(23)12-20(19)24/h4-12,14-15H,13H2,1-3H3/t15-,22+/m1/s1. The van der Waals surface area contributed by atoms with Gasteiger partial charge in [0.05, 0.1) is 18.3 Å². The van der Waals surface area contributed by atoms with Gasteiger partial charge in [-0.1, -0.05) is 32.0 Å². The van der Waals surface area contributed by atoms with Crippen LogP contribution in [0.3, 0.4) is 0 Å². The van der Waals surface area contributed by atoms with E-state index in [0.717, 1.165) is 11.8 Å². The molecule has 2 heterocycles. The maximum atomic E-state index is 14.3. The Morgan fingerprint density at radius 3 is 2.29 bits per heavy atom. The maximum Gasteiger partial charge on any atom is 0.333 e. The molecule has 0 unspecified atom stereocenters. The number of ether oxygens (including phenoxy) is 1. The van der Waals surface area contributed by atoms with E-state index in [1.807, 2.05) is 31.2 Å². The van der Waals surface area contributed by atoms with E-state index in [9.17, 15) is 13.6 Å². The summed E-state index contributed by atoms with van der Waals surface area (Å²) in [5.74, 6) is -0.896. The zero-order valence-electron chi connectivity index (χ0n) is 16.0. The second-order valence-corrected chi connectivity index (χ2v) is 7.58. The van der Waals surface area contributed by atoms with Gasteiger partial charge in [-0.3, -0.25) is 9.13 Å². The normalized spacial score (nSPS) is 19.8. The Morgan fingerprint density at radius 2 is 1.71 bits per heavy atom. The molecular formula is C22H22F2N2O2. The summed E-state index contributed by atoms with van der Waals surface area (Å²) in [4.78, 5) is 13.0. The summed E-state index contributed by atoms with van der Waals surface area (Å²) in [6, 6.07) is 10.8. The highest BCUT2D eigenvalue weighted by Crippen LogP contribution is 2.48. The fourth-order valence-corrected chi connectivity index (χ4v) is 3.66. The molecule has 1 aliphatic heterocycles. The first kappa shape index (κ1) is 18.6. The van der Waals surface area contributed by atoms with Crippen molar-refractivity contribution in [1.82, 2.24) is 9.13 Å². The first-order chi connectivity index (χ1) is 13.3. The molecule has 0 radical (unpaired) electrons. The van der Waals surface area contributed by atoms with E-state index in [-0.39, 0.29) is 17.9 Å². The Labute approximate surface area is 162 Å². The van der Waals surface area contributed by atoms with Crippen LogP contribution in [0, 0.1) is 11.6 Å². The van der Waals surface area contributed by atoms with Crippen molar-refractivity contribution in [3.63, 3.8) is 0 Å². The van der Waals surface area contributed by atoms with Gasteiger partial charge in [-0.05, 0) is 36.6 Å². The quantitative estimate of drug-likeness (QED) is 0.607. The highest BCUT2D eigenvalue weighted by Gasteiger charge is 2.54. The predicted molar refractivity (Wildman–Crippen MR) is 103 cm³/mol. The van der Waals surface area contributed by atoms with Gasteiger partial charge < -0.3 is 4.74 Å². The first-order valence-electron chi connectivity index (χ1n) is 9.33. The monoisotopic (exact) mass is 384 g/mol. The van der Waals surface area contributed by atoms with Crippen LogP contribution in [-0.4, -0.2) is 15.7 Å². The number of rotatable bonds is 5. The molecule has 2 atom stereocenters. The third-order valence-electron chi connectivity index (χ3n) is 5.58. The van der Waals surface area contributed by atoms with Crippen molar-refractivity contribution in [1.29, 1.82) is 0 Å². The molecule has 0 amide bonds. The second-order valence-electron chi connectivity index (χ2n) is 7.58. The molecule has 4 rings (SSSR count). The summed E-state index contributed by atoms with van der Waals surface area (Å²) in [5, 5.41) is 0. The van der Waals surface area contributed by atoms with Gasteiger partial charge >= 0.3 is 5.69 Å². The van der Waals surface area contributed by atoms with Crippen LogP contribution in [0.2, 0.25) is 0 Å². The van der Waals surface area contributed by atoms with Crippen LogP contribution in [0.25, 0.3) is 5.69 Å². The van der Waals surface area contributed by atoms with Crippen molar-refractivity contribution in [2.24, 2.45) is 0 Å². The van der Waals surface area contributed by atoms with E-state index in [4.69, 9.17) is 4.74 Å². The molecule has 146 valence electrons. The smallest absolute Gasteiger partial charge is 0.333 e. The third kappa shape index (κ3) is 2.98. The maximum absolute atomic E-state index is 14.3. The molecule has 0 bridgehead atoms. The van der Waals surface area contributed by atoms with Crippen LogP contribution in [0.5, 0.6) is 0 Å². The summed E-state index contributed by atoms with van der Waals surface area (Å²) in [5.41, 5.74) is 1.03. The molecule has 1 saturated heterocycles. The van der Waals surface area contributed by atoms with E-state index in [2.05, 4.69) is 13.8 Å². The van der Waals surface area contributed by atoms with Gasteiger partial charge in [0.2, 0.25) is 0 Å². The van der Waals surface area contributed by atoms with Crippen LogP contribution in [0.4, 0.5) is 8.78 Å². The Balaban J connectivity index is 1.68. The summed E-state index contributed by atoms with van der Waals surface area (Å²) in [6.45, 7) is 6.31. The molecule has 2 aromatic carbocycles. The minimum absolute atomic E-state index is 0.234. The average molecular weight is 384 g/mol. The fourth-order valence-electron chi connectivity index (χ4n) is 3.66. The summed E-state index contributed by atoms with van der Waals surface area (Å²) in [6.07, 6.45) is 3.37. The van der Waals surface area contributed by atoms with E-state index in [0.29, 0.717) is 5.92 Å². The summed E-state index contributed by atoms with van der Waals surface area (Å²) < 4.78 is 36.3. The molecule has 1 fully saturated rings. The number of halogens is 2. The number of nitrogens with zero attached hydrogens (tertiary/aromatic N) is 2. The van der Waals surface area contributed by atoms with Crippen molar-refractivity contribution in [2.45, 2.75) is 38.3 Å². The predicted octanol–water partition coefficient (Wildman–Crippen LogP) is 4.53. The Kier molecular flexibility index (Phi) is 4.46. The fraction of sp³-hybridized carbons (Fsp3) is 0.318. The molecular weight excluding hydrogens is 362 g/mol. The molecule has 0 N–H and O–H groups in total. The zero-order valence-corrected chi connectivity index (χ0v) is 16.0. The average Bonchev–Trinajstić information content (AvgIpc) is 3.38. The minimum atomic E-state index is -0.963. The lowest BCUT2D eigenvalue weighted by molar-refractivity contribution is 0.222. The summed E-state index contributed by atoms with van der Waals surface area (Å²) >= 11 is 0. The SMILES string of the molecule is CC(C)c1ccc(-n2ccn([C@H](C)[C@]3(c4ccc(F)cc4F)CO3)c2=O)cc1. The van der Waals surface area contributed by atoms with Gasteiger partial charge in [0.1, 0.15) is 17.2 Å². The number of hydrogen-bond donors (Lipinski definition) is 0. The number of benzene rings is 2. The number of hydrogen-bond acceptors (Lipinski definition) is 2. The molecule has 4 nitrogen and oxygen atoms in total. The third-order valence-corrected chi connectivity index (χ3v) is 5.58. The number of aromatic nitrogens is 2. The molecule has 3 aromatic rings. The van der Waals surface area contributed by atoms with Gasteiger partial charge in [0, 0.05) is 24.0 Å². The first-order valence-corrected chi connectivity index (χ1v) is 9.33. The zero-order chi connectivity index (χ0) is 20.1. The van der Waals surface area contributed by atoms with Crippen molar-refractivity contribution < 1.29 is 13.5 Å². The van der Waals surface area contributed by atoms with Crippen molar-refractivity contribution in [2.75, 3.05) is 6.61 Å². The number of imidazole rings is 1. The molecule has 0 spiro atoms. The summed E-state index contributed by atoms with van der Waals surface area (Å²) in [7, 11) is 0. The minimum Gasteiger partial charge on any atom is -0.362 e. The molecule has 1 aliphatic rings. The van der Waals surface area contributed by atoms with Crippen LogP contribution in [-0.2, 0) is 10.3 Å². The molecule has 6 heteroatoms. The molecule has 0 saturated carbocycles. The van der Waals surface area contributed by atoms with Crippen LogP contribution < -0.4 is 5.69 Å². The van der Waals surface area contributed by atoms with E-state index >= 15 is 0 Å². The second kappa shape index (κ2) is 6.71. The highest BCUT2D eigenvalue weighted by atomic mass is 19.1. The lowest BCUT2D eigenvalue weighted by Gasteiger charge is -2.22. The lowest BCUT2D eigenvalue weighted by atomic mass is 9.92. The van der Waals surface area contributed by atoms with Crippen molar-refractivity contribution >= 4 is 0 Å². The number of epoxide rings is 1. The van der Waals surface area contributed by atoms with E-state index in [1.54, 1.807) is 17.0 Å². The van der Waals surface area contributed by atoms with Gasteiger partial charge in [0.15, 0.2) is 0 Å². The van der Waals surface area contributed by atoms with Gasteiger partial charge in [-0.25, -0.2) is 13.6 Å². The lowest BCUT2D eigenvalue weighted by Crippen LogP contribution is -2.32. The molecule has 28 heavy (non-hydrogen) atoms. The largest absolute Gasteiger partial charge is 0.362 e. The van der Waals surface area contributed by atoms with Crippen molar-refractivity contribution in [3.05, 3.63) is 88.1 Å². The topological polar surface area (TPSA) is 39.5 Å². The van der Waals surface area contributed by atoms with Gasteiger partial charge in [0.25, 0.3) is 0 Å². The molecule has 1 aromatic heterocycles. The van der Waals surface area contributed by atoms with Gasteiger partial charge in [-0.15, -0.1) is 0 Å².